The van der Waals surface area contributed by atoms with Crippen LogP contribution in [0, 0.1) is 6.92 Å². The number of alkyl halides is 1. The minimum atomic E-state index is -1.39. The summed E-state index contributed by atoms with van der Waals surface area (Å²) in [6, 6.07) is 7.28. The van der Waals surface area contributed by atoms with Gasteiger partial charge in [-0.15, -0.1) is 11.6 Å². The number of ether oxygens (including phenoxy) is 2. The van der Waals surface area contributed by atoms with Crippen LogP contribution in [0.2, 0.25) is 5.02 Å². The average Bonchev–Trinajstić information content (AvgIpc) is 2.95. The van der Waals surface area contributed by atoms with Crippen molar-refractivity contribution in [3.63, 3.8) is 0 Å². The number of hydrogen-bond donors (Lipinski definition) is 1. The predicted molar refractivity (Wildman–Crippen MR) is 90.0 cm³/mol. The number of carboxylic acid groups (broad SMARTS) is 1. The van der Waals surface area contributed by atoms with E-state index in [1.807, 2.05) is 19.1 Å². The Morgan fingerprint density at radius 1 is 1.42 bits per heavy atom. The van der Waals surface area contributed by atoms with Gasteiger partial charge in [-0.25, -0.2) is 4.79 Å². The smallest absolute Gasteiger partial charge is 0.449 e. The Bertz CT molecular complexity index is 790. The summed E-state index contributed by atoms with van der Waals surface area (Å²) < 4.78 is 10.8. The zero-order chi connectivity index (χ0) is 17.4. The van der Waals surface area contributed by atoms with Crippen molar-refractivity contribution in [2.75, 3.05) is 0 Å². The molecule has 0 saturated carbocycles. The van der Waals surface area contributed by atoms with Crippen LogP contribution in [0.3, 0.4) is 0 Å². The number of pyridine rings is 1. The van der Waals surface area contributed by atoms with Crippen LogP contribution in [0.25, 0.3) is 0 Å². The number of rotatable bonds is 3. The van der Waals surface area contributed by atoms with Gasteiger partial charge in [-0.05, 0) is 31.5 Å². The zero-order valence-corrected chi connectivity index (χ0v) is 14.6. The summed E-state index contributed by atoms with van der Waals surface area (Å²) in [6.07, 6.45) is -1.78. The second-order valence-electron chi connectivity index (χ2n) is 5.53. The van der Waals surface area contributed by atoms with Gasteiger partial charge in [-0.2, -0.15) is 0 Å². The van der Waals surface area contributed by atoms with Crippen LogP contribution in [0.15, 0.2) is 24.3 Å². The topological polar surface area (TPSA) is 68.7 Å². The molecule has 0 fully saturated rings. The third kappa shape index (κ3) is 3.07. The summed E-state index contributed by atoms with van der Waals surface area (Å²) in [4.78, 5) is 15.5. The molecule has 24 heavy (non-hydrogen) atoms. The van der Waals surface area contributed by atoms with Crippen LogP contribution < -0.4 is 4.74 Å². The Balaban J connectivity index is 2.17. The fraction of sp³-hybridized carbons (Fsp3) is 0.294. The third-order valence-corrected chi connectivity index (χ3v) is 4.35. The van der Waals surface area contributed by atoms with Crippen molar-refractivity contribution >= 4 is 29.4 Å². The molecule has 2 heterocycles. The summed E-state index contributed by atoms with van der Waals surface area (Å²) in [5, 5.41) is 9.25. The van der Waals surface area contributed by atoms with Crippen LogP contribution in [-0.2, 0) is 11.3 Å². The van der Waals surface area contributed by atoms with E-state index in [1.54, 1.807) is 19.1 Å². The molecule has 3 rings (SSSR count). The highest BCUT2D eigenvalue weighted by molar-refractivity contribution is 6.30. The first kappa shape index (κ1) is 17.0. The quantitative estimate of drug-likeness (QED) is 0.609. The standard InChI is InChI=1S/C17H15Cl2NO4/c1-8(18)14-13-12(15(9(2)20-14)24-17(21)22)7-23-16(13)10-3-5-11(19)6-4-10/h3-6,8,16H,7H2,1-2H3,(H,21,22). The Kier molecular flexibility index (Phi) is 4.67. The fourth-order valence-electron chi connectivity index (χ4n) is 2.90. The monoisotopic (exact) mass is 367 g/mol. The minimum Gasteiger partial charge on any atom is -0.449 e. The maximum atomic E-state index is 11.0. The lowest BCUT2D eigenvalue weighted by Gasteiger charge is -2.18. The van der Waals surface area contributed by atoms with Crippen molar-refractivity contribution in [3.05, 3.63) is 57.4 Å². The van der Waals surface area contributed by atoms with Crippen LogP contribution >= 0.6 is 23.2 Å². The van der Waals surface area contributed by atoms with E-state index in [2.05, 4.69) is 4.98 Å². The van der Waals surface area contributed by atoms with Crippen molar-refractivity contribution in [1.29, 1.82) is 0 Å². The predicted octanol–water partition coefficient (Wildman–Crippen LogP) is 5.02. The van der Waals surface area contributed by atoms with E-state index in [9.17, 15) is 4.79 Å². The number of aryl methyl sites for hydroxylation is 1. The summed E-state index contributed by atoms with van der Waals surface area (Å²) in [5.41, 5.74) is 3.47. The number of nitrogens with zero attached hydrogens (tertiary/aromatic N) is 1. The van der Waals surface area contributed by atoms with Crippen molar-refractivity contribution in [3.8, 4) is 5.75 Å². The summed E-state index contributed by atoms with van der Waals surface area (Å²) in [7, 11) is 0. The molecule has 7 heteroatoms. The first-order valence-electron chi connectivity index (χ1n) is 7.33. The first-order chi connectivity index (χ1) is 11.4. The number of carbonyl (C=O) groups is 1. The van der Waals surface area contributed by atoms with Gasteiger partial charge in [0.2, 0.25) is 0 Å². The molecule has 0 radical (unpaired) electrons. The lowest BCUT2D eigenvalue weighted by Crippen LogP contribution is -2.11. The van der Waals surface area contributed by atoms with E-state index in [0.29, 0.717) is 22.0 Å². The average molecular weight is 368 g/mol. The maximum Gasteiger partial charge on any atom is 0.511 e. The molecule has 0 spiro atoms. The van der Waals surface area contributed by atoms with Crippen LogP contribution in [0.4, 0.5) is 4.79 Å². The largest absolute Gasteiger partial charge is 0.511 e. The highest BCUT2D eigenvalue weighted by atomic mass is 35.5. The van der Waals surface area contributed by atoms with E-state index in [1.165, 1.54) is 0 Å². The van der Waals surface area contributed by atoms with Crippen LogP contribution in [0.1, 0.15) is 46.5 Å². The van der Waals surface area contributed by atoms with Crippen molar-refractivity contribution in [2.45, 2.75) is 31.9 Å². The molecule has 2 unspecified atom stereocenters. The molecule has 5 nitrogen and oxygen atoms in total. The first-order valence-corrected chi connectivity index (χ1v) is 8.15. The second kappa shape index (κ2) is 6.59. The van der Waals surface area contributed by atoms with Gasteiger partial charge in [0.1, 0.15) is 6.10 Å². The van der Waals surface area contributed by atoms with Gasteiger partial charge >= 0.3 is 6.16 Å². The Morgan fingerprint density at radius 2 is 2.08 bits per heavy atom. The van der Waals surface area contributed by atoms with Gasteiger partial charge in [0.15, 0.2) is 5.75 Å². The highest BCUT2D eigenvalue weighted by Crippen LogP contribution is 2.45. The molecule has 0 amide bonds. The SMILES string of the molecule is Cc1nc(C(C)Cl)c2c(c1OC(=O)O)COC2c1ccc(Cl)cc1. The number of aromatic nitrogens is 1. The molecule has 0 bridgehead atoms. The van der Waals surface area contributed by atoms with Gasteiger partial charge in [-0.3, -0.25) is 4.98 Å². The molecule has 1 N–H and O–H groups in total. The van der Waals surface area contributed by atoms with Crippen LogP contribution in [-0.4, -0.2) is 16.2 Å². The summed E-state index contributed by atoms with van der Waals surface area (Å²) >= 11 is 12.2. The third-order valence-electron chi connectivity index (χ3n) is 3.89. The highest BCUT2D eigenvalue weighted by Gasteiger charge is 2.34. The Morgan fingerprint density at radius 3 is 2.67 bits per heavy atom. The van der Waals surface area contributed by atoms with Crippen LogP contribution in [0.5, 0.6) is 5.75 Å². The molecular formula is C17H15Cl2NO4. The lowest BCUT2D eigenvalue weighted by molar-refractivity contribution is 0.0923. The maximum absolute atomic E-state index is 11.0. The molecule has 0 saturated heterocycles. The number of halogens is 2. The summed E-state index contributed by atoms with van der Waals surface area (Å²) in [5.74, 6) is 0.218. The zero-order valence-electron chi connectivity index (χ0n) is 13.0. The van der Waals surface area contributed by atoms with E-state index < -0.39 is 12.3 Å². The Hall–Kier alpha value is -1.82. The van der Waals surface area contributed by atoms with Gasteiger partial charge in [0.05, 0.1) is 23.4 Å². The van der Waals surface area contributed by atoms with Gasteiger partial charge in [0.25, 0.3) is 0 Å². The number of fused-ring (bicyclic) bond motifs is 1. The molecule has 1 aliphatic heterocycles. The number of hydrogen-bond acceptors (Lipinski definition) is 4. The van der Waals surface area contributed by atoms with Gasteiger partial charge in [-0.1, -0.05) is 23.7 Å². The fourth-order valence-corrected chi connectivity index (χ4v) is 3.19. The Labute approximate surface area is 149 Å². The molecule has 1 aliphatic rings. The second-order valence-corrected chi connectivity index (χ2v) is 6.62. The molecule has 0 aliphatic carbocycles. The number of benzene rings is 1. The normalized spacial score (nSPS) is 17.4. The summed E-state index contributed by atoms with van der Waals surface area (Å²) in [6.45, 7) is 3.74. The van der Waals surface area contributed by atoms with E-state index in [-0.39, 0.29) is 17.7 Å². The van der Waals surface area contributed by atoms with Crippen molar-refractivity contribution < 1.29 is 19.4 Å². The molecule has 2 aromatic rings. The molecular weight excluding hydrogens is 353 g/mol. The van der Waals surface area contributed by atoms with E-state index in [4.69, 9.17) is 37.8 Å². The van der Waals surface area contributed by atoms with Gasteiger partial charge in [0, 0.05) is 16.1 Å². The molecule has 126 valence electrons. The van der Waals surface area contributed by atoms with Crippen molar-refractivity contribution in [1.82, 2.24) is 4.98 Å². The lowest BCUT2D eigenvalue weighted by atomic mass is 9.95. The van der Waals surface area contributed by atoms with E-state index >= 15 is 0 Å². The molecule has 1 aromatic heterocycles. The van der Waals surface area contributed by atoms with Crippen molar-refractivity contribution in [2.24, 2.45) is 0 Å². The van der Waals surface area contributed by atoms with E-state index in [0.717, 1.165) is 11.1 Å². The minimum absolute atomic E-state index is 0.218. The van der Waals surface area contributed by atoms with Gasteiger partial charge < -0.3 is 14.6 Å². The molecule has 1 aromatic carbocycles. The molecule has 2 atom stereocenters.